The Morgan fingerprint density at radius 3 is 2.30 bits per heavy atom. The van der Waals surface area contributed by atoms with E-state index < -0.39 is 5.91 Å². The monoisotopic (exact) mass is 266 g/mol. The third-order valence-electron chi connectivity index (χ3n) is 3.55. The highest BCUT2D eigenvalue weighted by Crippen LogP contribution is 2.28. The third kappa shape index (κ3) is 2.05. The zero-order valence-electron chi connectivity index (χ0n) is 10.9. The number of nitrogens with two attached hydrogens (primary N) is 1. The van der Waals surface area contributed by atoms with Crippen LogP contribution in [0.1, 0.15) is 26.3 Å². The lowest BCUT2D eigenvalue weighted by molar-refractivity contribution is 0.0982. The molecule has 2 aromatic rings. The summed E-state index contributed by atoms with van der Waals surface area (Å²) in [5.74, 6) is -0.540. The molecule has 3 rings (SSSR count). The fourth-order valence-corrected chi connectivity index (χ4v) is 2.48. The minimum Gasteiger partial charge on any atom is -0.366 e. The summed E-state index contributed by atoms with van der Waals surface area (Å²) < 4.78 is 0. The molecule has 2 amide bonds. The Hall–Kier alpha value is -2.62. The summed E-state index contributed by atoms with van der Waals surface area (Å²) in [6.07, 6.45) is 0.876. The topological polar surface area (TPSA) is 63.4 Å². The van der Waals surface area contributed by atoms with Crippen LogP contribution in [0, 0.1) is 0 Å². The van der Waals surface area contributed by atoms with Crippen LogP contribution in [0.4, 0.5) is 5.69 Å². The van der Waals surface area contributed by atoms with Crippen LogP contribution in [0.3, 0.4) is 0 Å². The van der Waals surface area contributed by atoms with E-state index in [1.807, 2.05) is 24.3 Å². The van der Waals surface area contributed by atoms with Gasteiger partial charge in [-0.15, -0.1) is 0 Å². The molecule has 1 aliphatic rings. The van der Waals surface area contributed by atoms with Gasteiger partial charge in [-0.25, -0.2) is 0 Å². The fraction of sp³-hybridized carbons (Fsp3) is 0.125. The van der Waals surface area contributed by atoms with Crippen LogP contribution in [0.2, 0.25) is 0 Å². The molecule has 0 saturated heterocycles. The molecule has 0 bridgehead atoms. The van der Waals surface area contributed by atoms with E-state index in [1.165, 1.54) is 5.56 Å². The number of hydrogen-bond acceptors (Lipinski definition) is 2. The smallest absolute Gasteiger partial charge is 0.258 e. The summed E-state index contributed by atoms with van der Waals surface area (Å²) in [5, 5.41) is 0. The van der Waals surface area contributed by atoms with E-state index in [2.05, 4.69) is 0 Å². The number of amides is 2. The molecular weight excluding hydrogens is 252 g/mol. The standard InChI is InChI=1S/C16H14N2O2/c17-15(19)12-5-7-13(8-6-12)16(20)18-10-9-11-3-1-2-4-14(11)18/h1-8H,9-10H2,(H2,17,19). The Balaban J connectivity index is 1.89. The van der Waals surface area contributed by atoms with E-state index in [9.17, 15) is 9.59 Å². The van der Waals surface area contributed by atoms with Gasteiger partial charge in [0, 0.05) is 23.4 Å². The second-order valence-electron chi connectivity index (χ2n) is 4.78. The highest BCUT2D eigenvalue weighted by atomic mass is 16.2. The average Bonchev–Trinajstić information content (AvgIpc) is 2.90. The van der Waals surface area contributed by atoms with Crippen molar-refractivity contribution in [2.75, 3.05) is 11.4 Å². The summed E-state index contributed by atoms with van der Waals surface area (Å²) >= 11 is 0. The largest absolute Gasteiger partial charge is 0.366 e. The first-order valence-corrected chi connectivity index (χ1v) is 6.46. The first kappa shape index (κ1) is 12.4. The Labute approximate surface area is 116 Å². The molecular formula is C16H14N2O2. The Morgan fingerprint density at radius 2 is 1.60 bits per heavy atom. The fourth-order valence-electron chi connectivity index (χ4n) is 2.48. The SMILES string of the molecule is NC(=O)c1ccc(C(=O)N2CCc3ccccc32)cc1. The molecule has 0 atom stereocenters. The van der Waals surface area contributed by atoms with Crippen LogP contribution in [0.25, 0.3) is 0 Å². The second kappa shape index (κ2) is 4.81. The Kier molecular flexibility index (Phi) is 2.99. The molecule has 20 heavy (non-hydrogen) atoms. The molecule has 0 unspecified atom stereocenters. The lowest BCUT2D eigenvalue weighted by Gasteiger charge is -2.17. The van der Waals surface area contributed by atoms with Crippen molar-refractivity contribution in [1.29, 1.82) is 0 Å². The van der Waals surface area contributed by atoms with Crippen LogP contribution in [-0.2, 0) is 6.42 Å². The van der Waals surface area contributed by atoms with Crippen LogP contribution in [-0.4, -0.2) is 18.4 Å². The maximum Gasteiger partial charge on any atom is 0.258 e. The number of anilines is 1. The molecule has 0 saturated carbocycles. The summed E-state index contributed by atoms with van der Waals surface area (Å²) in [6, 6.07) is 14.4. The molecule has 0 spiro atoms. The van der Waals surface area contributed by atoms with Gasteiger partial charge in [0.05, 0.1) is 0 Å². The van der Waals surface area contributed by atoms with Crippen molar-refractivity contribution in [3.63, 3.8) is 0 Å². The quantitative estimate of drug-likeness (QED) is 0.903. The van der Waals surface area contributed by atoms with Crippen molar-refractivity contribution in [2.45, 2.75) is 6.42 Å². The zero-order valence-corrected chi connectivity index (χ0v) is 10.9. The van der Waals surface area contributed by atoms with Gasteiger partial charge in [-0.2, -0.15) is 0 Å². The lowest BCUT2D eigenvalue weighted by Crippen LogP contribution is -2.28. The zero-order chi connectivity index (χ0) is 14.1. The maximum atomic E-state index is 12.5. The number of fused-ring (bicyclic) bond motifs is 1. The molecule has 2 N–H and O–H groups in total. The number of nitrogens with zero attached hydrogens (tertiary/aromatic N) is 1. The van der Waals surface area contributed by atoms with Crippen molar-refractivity contribution < 1.29 is 9.59 Å². The van der Waals surface area contributed by atoms with Gasteiger partial charge in [0.15, 0.2) is 0 Å². The van der Waals surface area contributed by atoms with Crippen LogP contribution in [0.15, 0.2) is 48.5 Å². The lowest BCUT2D eigenvalue weighted by atomic mass is 10.1. The van der Waals surface area contributed by atoms with Crippen molar-refractivity contribution >= 4 is 17.5 Å². The molecule has 0 aromatic heterocycles. The molecule has 1 heterocycles. The van der Waals surface area contributed by atoms with Gasteiger partial charge < -0.3 is 10.6 Å². The molecule has 0 radical (unpaired) electrons. The van der Waals surface area contributed by atoms with Gasteiger partial charge in [0.25, 0.3) is 5.91 Å². The average molecular weight is 266 g/mol. The second-order valence-corrected chi connectivity index (χ2v) is 4.78. The number of para-hydroxylation sites is 1. The van der Waals surface area contributed by atoms with E-state index >= 15 is 0 Å². The van der Waals surface area contributed by atoms with Crippen molar-refractivity contribution in [3.05, 3.63) is 65.2 Å². The summed E-state index contributed by atoms with van der Waals surface area (Å²) in [6.45, 7) is 0.690. The van der Waals surface area contributed by atoms with Gasteiger partial charge >= 0.3 is 0 Å². The first-order chi connectivity index (χ1) is 9.66. The number of rotatable bonds is 2. The third-order valence-corrected chi connectivity index (χ3v) is 3.55. The molecule has 4 heteroatoms. The van der Waals surface area contributed by atoms with Crippen molar-refractivity contribution in [1.82, 2.24) is 0 Å². The number of primary amides is 1. The summed E-state index contributed by atoms with van der Waals surface area (Å²) in [5.41, 5.74) is 8.32. The van der Waals surface area contributed by atoms with Gasteiger partial charge in [-0.1, -0.05) is 18.2 Å². The molecule has 0 aliphatic carbocycles. The van der Waals surface area contributed by atoms with Gasteiger partial charge in [-0.05, 0) is 42.3 Å². The normalized spacial score (nSPS) is 13.1. The minimum atomic E-state index is -0.490. The van der Waals surface area contributed by atoms with Gasteiger partial charge in [-0.3, -0.25) is 9.59 Å². The van der Waals surface area contributed by atoms with Crippen molar-refractivity contribution in [3.8, 4) is 0 Å². The predicted molar refractivity (Wildman–Crippen MR) is 76.8 cm³/mol. The first-order valence-electron chi connectivity index (χ1n) is 6.46. The van der Waals surface area contributed by atoms with E-state index in [-0.39, 0.29) is 5.91 Å². The predicted octanol–water partition coefficient (Wildman–Crippen LogP) is 1.99. The molecule has 4 nitrogen and oxygen atoms in total. The highest BCUT2D eigenvalue weighted by molar-refractivity contribution is 6.07. The van der Waals surface area contributed by atoms with Gasteiger partial charge in [0.1, 0.15) is 0 Å². The number of carbonyl (C=O) groups excluding carboxylic acids is 2. The minimum absolute atomic E-state index is 0.0500. The highest BCUT2D eigenvalue weighted by Gasteiger charge is 2.24. The summed E-state index contributed by atoms with van der Waals surface area (Å²) in [4.78, 5) is 25.3. The number of benzene rings is 2. The molecule has 1 aliphatic heterocycles. The Bertz CT molecular complexity index is 677. The Morgan fingerprint density at radius 1 is 0.950 bits per heavy atom. The number of hydrogen-bond donors (Lipinski definition) is 1. The van der Waals surface area contributed by atoms with E-state index in [4.69, 9.17) is 5.73 Å². The number of carbonyl (C=O) groups is 2. The van der Waals surface area contributed by atoms with E-state index in [0.717, 1.165) is 12.1 Å². The van der Waals surface area contributed by atoms with Crippen LogP contribution < -0.4 is 10.6 Å². The van der Waals surface area contributed by atoms with Gasteiger partial charge in [0.2, 0.25) is 5.91 Å². The van der Waals surface area contributed by atoms with Crippen molar-refractivity contribution in [2.24, 2.45) is 5.73 Å². The van der Waals surface area contributed by atoms with E-state index in [1.54, 1.807) is 29.2 Å². The maximum absolute atomic E-state index is 12.5. The molecule has 2 aromatic carbocycles. The molecule has 100 valence electrons. The summed E-state index contributed by atoms with van der Waals surface area (Å²) in [7, 11) is 0. The van der Waals surface area contributed by atoms with Crippen LogP contribution >= 0.6 is 0 Å². The van der Waals surface area contributed by atoms with E-state index in [0.29, 0.717) is 17.7 Å². The molecule has 0 fully saturated rings. The van der Waals surface area contributed by atoms with Crippen LogP contribution in [0.5, 0.6) is 0 Å².